The molecular weight excluding hydrogens is 208 g/mol. The van der Waals surface area contributed by atoms with Crippen LogP contribution in [-0.2, 0) is 0 Å². The fraction of sp³-hybridized carbons (Fsp3) is 0.867. The lowest BCUT2D eigenvalue weighted by molar-refractivity contribution is 0.264. The lowest BCUT2D eigenvalue weighted by Gasteiger charge is -2.26. The predicted octanol–water partition coefficient (Wildman–Crippen LogP) is 2.81. The van der Waals surface area contributed by atoms with Gasteiger partial charge in [0.25, 0.3) is 0 Å². The minimum atomic E-state index is 0.989. The van der Waals surface area contributed by atoms with Crippen LogP contribution in [0.3, 0.4) is 0 Å². The van der Waals surface area contributed by atoms with Gasteiger partial charge in [-0.05, 0) is 19.3 Å². The van der Waals surface area contributed by atoms with Crippen molar-refractivity contribution in [1.29, 1.82) is 0 Å². The predicted molar refractivity (Wildman–Crippen MR) is 74.3 cm³/mol. The highest BCUT2D eigenvalue weighted by molar-refractivity contribution is 5.01. The number of nitrogens with zero attached hydrogens (tertiary/aromatic N) is 1. The molecule has 0 unspecified atom stereocenters. The van der Waals surface area contributed by atoms with Crippen LogP contribution in [-0.4, -0.2) is 37.6 Å². The molecule has 0 aromatic carbocycles. The zero-order valence-corrected chi connectivity index (χ0v) is 11.4. The number of piperazine rings is 1. The van der Waals surface area contributed by atoms with Crippen molar-refractivity contribution in [2.75, 3.05) is 32.7 Å². The molecular formula is C15H28N2. The lowest BCUT2D eigenvalue weighted by atomic mass is 9.85. The van der Waals surface area contributed by atoms with Gasteiger partial charge in [0.1, 0.15) is 0 Å². The van der Waals surface area contributed by atoms with E-state index in [0.29, 0.717) is 0 Å². The molecule has 1 aliphatic heterocycles. The Morgan fingerprint density at radius 3 is 2.59 bits per heavy atom. The average Bonchev–Trinajstić information content (AvgIpc) is 2.39. The molecule has 0 radical (unpaired) electrons. The van der Waals surface area contributed by atoms with Crippen LogP contribution in [0.2, 0.25) is 0 Å². The largest absolute Gasteiger partial charge is 0.314 e. The summed E-state index contributed by atoms with van der Waals surface area (Å²) in [6.45, 7) is 8.25. The van der Waals surface area contributed by atoms with Crippen LogP contribution in [0.1, 0.15) is 45.4 Å². The molecule has 1 N–H and O–H groups in total. The molecule has 0 spiro atoms. The molecule has 0 atom stereocenters. The zero-order chi connectivity index (χ0) is 11.9. The molecule has 0 bridgehead atoms. The molecule has 2 heteroatoms. The quantitative estimate of drug-likeness (QED) is 0.755. The third kappa shape index (κ3) is 4.81. The van der Waals surface area contributed by atoms with Gasteiger partial charge in [-0.3, -0.25) is 4.90 Å². The van der Waals surface area contributed by atoms with Crippen molar-refractivity contribution in [3.63, 3.8) is 0 Å². The molecule has 1 saturated heterocycles. The fourth-order valence-corrected chi connectivity index (χ4v) is 3.11. The van der Waals surface area contributed by atoms with Crippen molar-refractivity contribution in [2.24, 2.45) is 5.92 Å². The van der Waals surface area contributed by atoms with Crippen LogP contribution >= 0.6 is 0 Å². The fourth-order valence-electron chi connectivity index (χ4n) is 3.11. The van der Waals surface area contributed by atoms with E-state index in [1.807, 2.05) is 0 Å². The van der Waals surface area contributed by atoms with Crippen LogP contribution in [0.15, 0.2) is 11.6 Å². The molecule has 0 amide bonds. The first-order chi connectivity index (χ1) is 8.34. The number of nitrogens with one attached hydrogen (secondary N) is 1. The highest BCUT2D eigenvalue weighted by Crippen LogP contribution is 2.28. The molecule has 1 heterocycles. The van der Waals surface area contributed by atoms with Crippen LogP contribution in [0.5, 0.6) is 0 Å². The summed E-state index contributed by atoms with van der Waals surface area (Å²) in [6, 6.07) is 0. The molecule has 2 nitrogen and oxygen atoms in total. The summed E-state index contributed by atoms with van der Waals surface area (Å²) in [7, 11) is 0. The molecule has 98 valence electrons. The van der Waals surface area contributed by atoms with Crippen LogP contribution in [0.4, 0.5) is 0 Å². The smallest absolute Gasteiger partial charge is 0.0166 e. The molecule has 0 aromatic rings. The van der Waals surface area contributed by atoms with E-state index in [4.69, 9.17) is 0 Å². The summed E-state index contributed by atoms with van der Waals surface area (Å²) in [5.74, 6) is 0.989. The third-order valence-electron chi connectivity index (χ3n) is 4.24. The topological polar surface area (TPSA) is 15.3 Å². The molecule has 1 aliphatic carbocycles. The number of rotatable bonds is 4. The first-order valence-corrected chi connectivity index (χ1v) is 7.43. The van der Waals surface area contributed by atoms with Crippen molar-refractivity contribution in [3.8, 4) is 0 Å². The summed E-state index contributed by atoms with van der Waals surface area (Å²) in [5, 5.41) is 3.41. The first kappa shape index (κ1) is 13.1. The normalized spacial score (nSPS) is 25.1. The maximum Gasteiger partial charge on any atom is 0.0166 e. The number of allylic oxidation sites excluding steroid dienone is 1. The van der Waals surface area contributed by atoms with E-state index in [1.165, 1.54) is 58.2 Å². The SMILES string of the molecule is CC(=CCN1CCNCC1)CC1CCCCC1. The minimum absolute atomic E-state index is 0.989. The maximum atomic E-state index is 3.41. The summed E-state index contributed by atoms with van der Waals surface area (Å²) in [4.78, 5) is 2.56. The van der Waals surface area contributed by atoms with Gasteiger partial charge in [-0.2, -0.15) is 0 Å². The van der Waals surface area contributed by atoms with Crippen molar-refractivity contribution < 1.29 is 0 Å². The summed E-state index contributed by atoms with van der Waals surface area (Å²) < 4.78 is 0. The van der Waals surface area contributed by atoms with Gasteiger partial charge in [0.15, 0.2) is 0 Å². The van der Waals surface area contributed by atoms with E-state index in [2.05, 4.69) is 23.2 Å². The Labute approximate surface area is 106 Å². The molecule has 17 heavy (non-hydrogen) atoms. The second kappa shape index (κ2) is 7.17. The Balaban J connectivity index is 1.68. The van der Waals surface area contributed by atoms with Gasteiger partial charge in [-0.25, -0.2) is 0 Å². The monoisotopic (exact) mass is 236 g/mol. The van der Waals surface area contributed by atoms with Gasteiger partial charge >= 0.3 is 0 Å². The highest BCUT2D eigenvalue weighted by Gasteiger charge is 2.13. The molecule has 2 fully saturated rings. The number of hydrogen-bond donors (Lipinski definition) is 1. The van der Waals surface area contributed by atoms with E-state index in [9.17, 15) is 0 Å². The van der Waals surface area contributed by atoms with Crippen molar-refractivity contribution >= 4 is 0 Å². The van der Waals surface area contributed by atoms with Gasteiger partial charge in [-0.1, -0.05) is 43.8 Å². The Morgan fingerprint density at radius 2 is 1.88 bits per heavy atom. The van der Waals surface area contributed by atoms with Crippen LogP contribution in [0, 0.1) is 5.92 Å². The Kier molecular flexibility index (Phi) is 5.53. The number of hydrogen-bond acceptors (Lipinski definition) is 2. The lowest BCUT2D eigenvalue weighted by Crippen LogP contribution is -2.43. The summed E-state index contributed by atoms with van der Waals surface area (Å²) in [6.07, 6.45) is 11.2. The molecule has 2 rings (SSSR count). The first-order valence-electron chi connectivity index (χ1n) is 7.43. The second-order valence-corrected chi connectivity index (χ2v) is 5.81. The van der Waals surface area contributed by atoms with E-state index < -0.39 is 0 Å². The maximum absolute atomic E-state index is 3.41. The van der Waals surface area contributed by atoms with Crippen molar-refractivity contribution in [2.45, 2.75) is 45.4 Å². The second-order valence-electron chi connectivity index (χ2n) is 5.81. The van der Waals surface area contributed by atoms with Gasteiger partial charge in [0.2, 0.25) is 0 Å². The van der Waals surface area contributed by atoms with E-state index >= 15 is 0 Å². The van der Waals surface area contributed by atoms with Crippen LogP contribution in [0.25, 0.3) is 0 Å². The summed E-state index contributed by atoms with van der Waals surface area (Å²) >= 11 is 0. The van der Waals surface area contributed by atoms with Gasteiger partial charge in [0.05, 0.1) is 0 Å². The average molecular weight is 236 g/mol. The third-order valence-corrected chi connectivity index (χ3v) is 4.24. The molecule has 0 aromatic heterocycles. The Morgan fingerprint density at radius 1 is 1.18 bits per heavy atom. The Hall–Kier alpha value is -0.340. The van der Waals surface area contributed by atoms with Crippen molar-refractivity contribution in [1.82, 2.24) is 10.2 Å². The van der Waals surface area contributed by atoms with Crippen molar-refractivity contribution in [3.05, 3.63) is 11.6 Å². The highest BCUT2D eigenvalue weighted by atomic mass is 15.2. The van der Waals surface area contributed by atoms with E-state index in [-0.39, 0.29) is 0 Å². The minimum Gasteiger partial charge on any atom is -0.314 e. The van der Waals surface area contributed by atoms with Crippen LogP contribution < -0.4 is 5.32 Å². The van der Waals surface area contributed by atoms with E-state index in [1.54, 1.807) is 5.57 Å². The van der Waals surface area contributed by atoms with Gasteiger partial charge in [-0.15, -0.1) is 0 Å². The molecule has 1 saturated carbocycles. The molecule has 2 aliphatic rings. The van der Waals surface area contributed by atoms with Gasteiger partial charge < -0.3 is 5.32 Å². The standard InChI is InChI=1S/C15H28N2/c1-14(13-15-5-3-2-4-6-15)7-10-17-11-8-16-9-12-17/h7,15-16H,2-6,8-13H2,1H3. The zero-order valence-electron chi connectivity index (χ0n) is 11.4. The van der Waals surface area contributed by atoms with Gasteiger partial charge in [0, 0.05) is 32.7 Å². The van der Waals surface area contributed by atoms with E-state index in [0.717, 1.165) is 19.0 Å². The Bertz CT molecular complexity index is 235. The summed E-state index contributed by atoms with van der Waals surface area (Å²) in [5.41, 5.74) is 1.62.